The summed E-state index contributed by atoms with van der Waals surface area (Å²) < 4.78 is 6.84. The Hall–Kier alpha value is -2.90. The van der Waals surface area contributed by atoms with Crippen LogP contribution in [0, 0.1) is 0 Å². The van der Waals surface area contributed by atoms with E-state index in [4.69, 9.17) is 9.84 Å². The summed E-state index contributed by atoms with van der Waals surface area (Å²) in [6, 6.07) is 7.62. The zero-order chi connectivity index (χ0) is 18.4. The minimum atomic E-state index is -1.01. The fraction of sp³-hybridized carbons (Fsp3) is 0.412. The highest BCUT2D eigenvalue weighted by Gasteiger charge is 2.18. The van der Waals surface area contributed by atoms with E-state index >= 15 is 0 Å². The summed E-state index contributed by atoms with van der Waals surface area (Å²) in [7, 11) is 0. The van der Waals surface area contributed by atoms with Crippen molar-refractivity contribution < 1.29 is 19.4 Å². The Balaban J connectivity index is 1.85. The minimum absolute atomic E-state index is 0.0876. The van der Waals surface area contributed by atoms with Crippen LogP contribution in [0.15, 0.2) is 30.5 Å². The highest BCUT2D eigenvalue weighted by Crippen LogP contribution is 2.30. The molecule has 2 aromatic rings. The Morgan fingerprint density at radius 1 is 1.28 bits per heavy atom. The third-order valence-electron chi connectivity index (χ3n) is 3.40. The van der Waals surface area contributed by atoms with Crippen LogP contribution in [0.1, 0.15) is 32.0 Å². The maximum atomic E-state index is 12.0. The summed E-state index contributed by atoms with van der Waals surface area (Å²) in [6.07, 6.45) is 1.48. The van der Waals surface area contributed by atoms with E-state index in [9.17, 15) is 9.59 Å². The molecule has 25 heavy (non-hydrogen) atoms. The van der Waals surface area contributed by atoms with E-state index in [1.165, 1.54) is 10.9 Å². The molecule has 0 saturated carbocycles. The number of aromatic nitrogens is 3. The second-order valence-electron chi connectivity index (χ2n) is 6.61. The molecule has 1 aromatic carbocycles. The number of aliphatic carboxylic acids is 1. The lowest BCUT2D eigenvalue weighted by Gasteiger charge is -2.22. The Morgan fingerprint density at radius 2 is 2.00 bits per heavy atom. The molecule has 0 aliphatic heterocycles. The number of benzene rings is 1. The Bertz CT molecular complexity index is 749. The number of carbonyl (C=O) groups is 2. The van der Waals surface area contributed by atoms with Gasteiger partial charge in [-0.15, -0.1) is 5.10 Å². The lowest BCUT2D eigenvalue weighted by Crippen LogP contribution is -2.29. The average molecular weight is 346 g/mol. The van der Waals surface area contributed by atoms with Gasteiger partial charge < -0.3 is 15.2 Å². The molecule has 2 N–H and O–H groups in total. The highest BCUT2D eigenvalue weighted by molar-refractivity contribution is 5.77. The summed E-state index contributed by atoms with van der Waals surface area (Å²) >= 11 is 0. The van der Waals surface area contributed by atoms with Gasteiger partial charge >= 0.3 is 5.97 Å². The van der Waals surface area contributed by atoms with Crippen LogP contribution in [-0.4, -0.2) is 38.6 Å². The fourth-order valence-corrected chi connectivity index (χ4v) is 2.23. The predicted octanol–water partition coefficient (Wildman–Crippen LogP) is 1.36. The monoisotopic (exact) mass is 346 g/mol. The second-order valence-corrected chi connectivity index (χ2v) is 6.61. The molecular weight excluding hydrogens is 324 g/mol. The van der Waals surface area contributed by atoms with Crippen LogP contribution in [0.25, 0.3) is 0 Å². The quantitative estimate of drug-likeness (QED) is 0.784. The number of hydrogen-bond donors (Lipinski definition) is 2. The van der Waals surface area contributed by atoms with Crippen molar-refractivity contribution in [2.75, 3.05) is 6.61 Å². The number of amides is 1. The number of rotatable bonds is 7. The third-order valence-corrected chi connectivity index (χ3v) is 3.40. The molecule has 2 rings (SSSR count). The number of ether oxygens (including phenoxy) is 1. The molecule has 1 aromatic heterocycles. The van der Waals surface area contributed by atoms with Gasteiger partial charge in [0.1, 0.15) is 18.0 Å². The predicted molar refractivity (Wildman–Crippen MR) is 90.1 cm³/mol. The molecule has 0 atom stereocenters. The molecule has 8 nitrogen and oxygen atoms in total. The van der Waals surface area contributed by atoms with Crippen molar-refractivity contribution in [3.8, 4) is 5.75 Å². The number of carbonyl (C=O) groups excluding carboxylic acids is 1. The van der Waals surface area contributed by atoms with Crippen LogP contribution in [0.5, 0.6) is 5.75 Å². The molecule has 0 aliphatic rings. The molecule has 0 spiro atoms. The molecule has 0 fully saturated rings. The molecule has 0 unspecified atom stereocenters. The molecule has 0 radical (unpaired) electrons. The summed E-state index contributed by atoms with van der Waals surface area (Å²) in [5.41, 5.74) is 1.42. The van der Waals surface area contributed by atoms with Crippen LogP contribution < -0.4 is 10.1 Å². The maximum Gasteiger partial charge on any atom is 0.325 e. The van der Waals surface area contributed by atoms with Gasteiger partial charge in [-0.25, -0.2) is 4.68 Å². The van der Waals surface area contributed by atoms with Gasteiger partial charge in [0.05, 0.1) is 12.7 Å². The van der Waals surface area contributed by atoms with Gasteiger partial charge in [-0.1, -0.05) is 44.2 Å². The van der Waals surface area contributed by atoms with E-state index in [1.807, 2.05) is 24.3 Å². The van der Waals surface area contributed by atoms with Crippen molar-refractivity contribution >= 4 is 11.9 Å². The van der Waals surface area contributed by atoms with E-state index < -0.39 is 5.97 Å². The van der Waals surface area contributed by atoms with Gasteiger partial charge in [0.25, 0.3) is 5.91 Å². The third kappa shape index (κ3) is 5.59. The first-order chi connectivity index (χ1) is 11.8. The number of para-hydroxylation sites is 1. The van der Waals surface area contributed by atoms with Gasteiger partial charge in [0.2, 0.25) is 0 Å². The van der Waals surface area contributed by atoms with Crippen LogP contribution in [0.2, 0.25) is 0 Å². The lowest BCUT2D eigenvalue weighted by molar-refractivity contribution is -0.138. The van der Waals surface area contributed by atoms with E-state index in [0.29, 0.717) is 11.4 Å². The van der Waals surface area contributed by atoms with Crippen molar-refractivity contribution in [1.82, 2.24) is 20.3 Å². The van der Waals surface area contributed by atoms with E-state index in [-0.39, 0.29) is 31.0 Å². The summed E-state index contributed by atoms with van der Waals surface area (Å²) in [5, 5.41) is 18.8. The standard InChI is InChI=1S/C17H22N4O4/c1-17(2,3)13-6-4-5-7-14(13)25-11-15(22)18-8-12-9-21(20-19-12)10-16(23)24/h4-7,9H,8,10-11H2,1-3H3,(H,18,22)(H,23,24). The van der Waals surface area contributed by atoms with Gasteiger partial charge in [-0.05, 0) is 17.0 Å². The second kappa shape index (κ2) is 7.78. The number of nitrogens with zero attached hydrogens (tertiary/aromatic N) is 3. The van der Waals surface area contributed by atoms with Gasteiger partial charge in [0.15, 0.2) is 6.61 Å². The zero-order valence-corrected chi connectivity index (χ0v) is 14.5. The SMILES string of the molecule is CC(C)(C)c1ccccc1OCC(=O)NCc1cn(CC(=O)O)nn1. The summed E-state index contributed by atoms with van der Waals surface area (Å²) in [4.78, 5) is 22.5. The first-order valence-corrected chi connectivity index (χ1v) is 7.85. The highest BCUT2D eigenvalue weighted by atomic mass is 16.5. The Labute approximate surface area is 145 Å². The van der Waals surface area contributed by atoms with E-state index in [1.54, 1.807) is 0 Å². The minimum Gasteiger partial charge on any atom is -0.483 e. The topological polar surface area (TPSA) is 106 Å². The number of carboxylic acids is 1. The lowest BCUT2D eigenvalue weighted by atomic mass is 9.86. The van der Waals surface area contributed by atoms with E-state index in [0.717, 1.165) is 5.56 Å². The van der Waals surface area contributed by atoms with Gasteiger partial charge in [0, 0.05) is 0 Å². The Morgan fingerprint density at radius 3 is 2.68 bits per heavy atom. The van der Waals surface area contributed by atoms with E-state index in [2.05, 4.69) is 36.4 Å². The fourth-order valence-electron chi connectivity index (χ4n) is 2.23. The first-order valence-electron chi connectivity index (χ1n) is 7.85. The molecule has 0 saturated heterocycles. The molecular formula is C17H22N4O4. The Kier molecular flexibility index (Phi) is 5.74. The number of carboxylic acid groups (broad SMARTS) is 1. The van der Waals surface area contributed by atoms with Crippen molar-refractivity contribution in [2.45, 2.75) is 39.3 Å². The zero-order valence-electron chi connectivity index (χ0n) is 14.5. The molecule has 1 heterocycles. The summed E-state index contributed by atoms with van der Waals surface area (Å²) in [6.45, 7) is 6.01. The maximum absolute atomic E-state index is 12.0. The largest absolute Gasteiger partial charge is 0.483 e. The van der Waals surface area contributed by atoms with Crippen LogP contribution >= 0.6 is 0 Å². The van der Waals surface area contributed by atoms with Gasteiger partial charge in [-0.2, -0.15) is 0 Å². The molecule has 8 heteroatoms. The summed E-state index contributed by atoms with van der Waals surface area (Å²) in [5.74, 6) is -0.625. The molecule has 134 valence electrons. The molecule has 0 bridgehead atoms. The van der Waals surface area contributed by atoms with Crippen LogP contribution in [-0.2, 0) is 28.1 Å². The number of nitrogens with one attached hydrogen (secondary N) is 1. The smallest absolute Gasteiger partial charge is 0.325 e. The average Bonchev–Trinajstić information content (AvgIpc) is 2.97. The van der Waals surface area contributed by atoms with Gasteiger partial charge in [-0.3, -0.25) is 9.59 Å². The van der Waals surface area contributed by atoms with Crippen molar-refractivity contribution in [1.29, 1.82) is 0 Å². The van der Waals surface area contributed by atoms with Crippen LogP contribution in [0.4, 0.5) is 0 Å². The number of hydrogen-bond acceptors (Lipinski definition) is 5. The first kappa shape index (κ1) is 18.4. The van der Waals surface area contributed by atoms with Crippen molar-refractivity contribution in [3.05, 3.63) is 41.7 Å². The van der Waals surface area contributed by atoms with Crippen molar-refractivity contribution in [3.63, 3.8) is 0 Å². The molecule has 1 amide bonds. The van der Waals surface area contributed by atoms with Crippen molar-refractivity contribution in [2.24, 2.45) is 0 Å². The molecule has 0 aliphatic carbocycles. The normalized spacial score (nSPS) is 11.2. The van der Waals surface area contributed by atoms with Crippen LogP contribution in [0.3, 0.4) is 0 Å².